The summed E-state index contributed by atoms with van der Waals surface area (Å²) in [4.78, 5) is 10.9. The predicted molar refractivity (Wildman–Crippen MR) is 53.4 cm³/mol. The van der Waals surface area contributed by atoms with Gasteiger partial charge in [0.05, 0.1) is 0 Å². The highest BCUT2D eigenvalue weighted by atomic mass is 19.2. The van der Waals surface area contributed by atoms with E-state index in [9.17, 15) is 18.0 Å². The summed E-state index contributed by atoms with van der Waals surface area (Å²) in [5.74, 6) is -2.61. The van der Waals surface area contributed by atoms with Crippen molar-refractivity contribution in [2.24, 2.45) is 0 Å². The van der Waals surface area contributed by atoms with Gasteiger partial charge in [-0.05, 0) is 18.6 Å². The maximum Gasteiger partial charge on any atom is 0.222 e. The van der Waals surface area contributed by atoms with Gasteiger partial charge in [-0.2, -0.15) is 0 Å². The van der Waals surface area contributed by atoms with E-state index in [4.69, 9.17) is 0 Å². The molecule has 88 valence electrons. The third-order valence-corrected chi connectivity index (χ3v) is 2.26. The van der Waals surface area contributed by atoms with Gasteiger partial charge in [0.1, 0.15) is 0 Å². The van der Waals surface area contributed by atoms with Crippen LogP contribution in [0, 0.1) is 18.6 Å². The molecule has 0 spiro atoms. The lowest BCUT2D eigenvalue weighted by Gasteiger charge is -2.13. The second kappa shape index (κ2) is 5.01. The molecular formula is C11H12F3NO. The quantitative estimate of drug-likeness (QED) is 0.796. The Bertz CT molecular complexity index is 406. The molecule has 1 rings (SSSR count). The van der Waals surface area contributed by atoms with Gasteiger partial charge in [-0.25, -0.2) is 13.2 Å². The van der Waals surface area contributed by atoms with Gasteiger partial charge >= 0.3 is 0 Å². The minimum Gasteiger partial charge on any atom is -0.323 e. The van der Waals surface area contributed by atoms with Crippen molar-refractivity contribution in [3.63, 3.8) is 0 Å². The summed E-state index contributed by atoms with van der Waals surface area (Å²) in [5, 5.41) is 2.04. The van der Waals surface area contributed by atoms with Crippen LogP contribution in [-0.2, 0) is 4.79 Å². The lowest BCUT2D eigenvalue weighted by Crippen LogP contribution is -2.25. The number of benzene rings is 1. The Morgan fingerprint density at radius 3 is 2.62 bits per heavy atom. The molecule has 1 N–H and O–H groups in total. The van der Waals surface area contributed by atoms with Crippen LogP contribution in [-0.4, -0.2) is 5.91 Å². The Hall–Kier alpha value is -1.52. The van der Waals surface area contributed by atoms with Gasteiger partial charge in [-0.3, -0.25) is 4.79 Å². The summed E-state index contributed by atoms with van der Waals surface area (Å²) in [6.07, 6.45) is -1.69. The molecule has 0 saturated heterocycles. The van der Waals surface area contributed by atoms with Gasteiger partial charge in [0, 0.05) is 12.0 Å². The number of alkyl halides is 1. The fourth-order valence-electron chi connectivity index (χ4n) is 1.26. The minimum absolute atomic E-state index is 0.0688. The van der Waals surface area contributed by atoms with Crippen LogP contribution in [0.25, 0.3) is 0 Å². The number of hydrogen-bond donors (Lipinski definition) is 1. The summed E-state index contributed by atoms with van der Waals surface area (Å²) >= 11 is 0. The molecular weight excluding hydrogens is 219 g/mol. The molecule has 1 aromatic rings. The second-order valence-corrected chi connectivity index (χ2v) is 3.36. The average Bonchev–Trinajstić information content (AvgIpc) is 2.25. The van der Waals surface area contributed by atoms with Crippen LogP contribution in [0.1, 0.15) is 30.8 Å². The highest BCUT2D eigenvalue weighted by Crippen LogP contribution is 2.22. The smallest absolute Gasteiger partial charge is 0.222 e. The van der Waals surface area contributed by atoms with Crippen molar-refractivity contribution in [1.82, 2.24) is 5.32 Å². The maximum absolute atomic E-state index is 13.5. The lowest BCUT2D eigenvalue weighted by molar-refractivity contribution is -0.122. The fraction of sp³-hybridized carbons (Fsp3) is 0.364. The second-order valence-electron chi connectivity index (χ2n) is 3.36. The summed E-state index contributed by atoms with van der Waals surface area (Å²) in [6.45, 7) is 2.83. The van der Waals surface area contributed by atoms with E-state index in [0.717, 1.165) is 12.1 Å². The van der Waals surface area contributed by atoms with E-state index in [2.05, 4.69) is 0 Å². The maximum atomic E-state index is 13.5. The van der Waals surface area contributed by atoms with Crippen LogP contribution in [0.5, 0.6) is 0 Å². The Morgan fingerprint density at radius 2 is 2.06 bits per heavy atom. The Kier molecular flexibility index (Phi) is 3.93. The van der Waals surface area contributed by atoms with Crippen LogP contribution in [0.3, 0.4) is 0 Å². The van der Waals surface area contributed by atoms with E-state index in [1.165, 1.54) is 6.92 Å². The van der Waals surface area contributed by atoms with Gasteiger partial charge in [0.2, 0.25) is 5.91 Å². The van der Waals surface area contributed by atoms with Gasteiger partial charge in [0.15, 0.2) is 17.9 Å². The normalized spacial score (nSPS) is 12.3. The molecule has 0 radical (unpaired) electrons. The van der Waals surface area contributed by atoms with E-state index in [1.54, 1.807) is 6.92 Å². The molecule has 1 atom stereocenters. The SMILES string of the molecule is CCC(=O)NC(F)c1ccc(F)c(F)c1C. The van der Waals surface area contributed by atoms with Crippen LogP contribution >= 0.6 is 0 Å². The standard InChI is InChI=1S/C11H12F3NO/c1-3-9(16)15-11(14)7-4-5-8(12)10(13)6(7)2/h4-5,11H,3H2,1-2H3,(H,15,16). The number of carbonyl (C=O) groups excluding carboxylic acids is 1. The van der Waals surface area contributed by atoms with Gasteiger partial charge in [-0.1, -0.05) is 13.0 Å². The van der Waals surface area contributed by atoms with Gasteiger partial charge in [0.25, 0.3) is 0 Å². The molecule has 0 aromatic heterocycles. The summed E-state index contributed by atoms with van der Waals surface area (Å²) in [5.41, 5.74) is -0.204. The number of halogens is 3. The van der Waals surface area contributed by atoms with E-state index >= 15 is 0 Å². The zero-order valence-electron chi connectivity index (χ0n) is 8.98. The molecule has 0 fully saturated rings. The van der Waals surface area contributed by atoms with Crippen LogP contribution in [0.2, 0.25) is 0 Å². The Morgan fingerprint density at radius 1 is 1.44 bits per heavy atom. The highest BCUT2D eigenvalue weighted by molar-refractivity contribution is 5.75. The topological polar surface area (TPSA) is 29.1 Å². The summed E-state index contributed by atoms with van der Waals surface area (Å²) in [6, 6.07) is 1.96. The van der Waals surface area contributed by atoms with E-state index < -0.39 is 23.8 Å². The summed E-state index contributed by atoms with van der Waals surface area (Å²) < 4.78 is 39.4. The van der Waals surface area contributed by atoms with E-state index in [-0.39, 0.29) is 17.5 Å². The van der Waals surface area contributed by atoms with E-state index in [1.807, 2.05) is 5.32 Å². The van der Waals surface area contributed by atoms with Crippen molar-refractivity contribution < 1.29 is 18.0 Å². The molecule has 2 nitrogen and oxygen atoms in total. The van der Waals surface area contributed by atoms with Crippen molar-refractivity contribution in [2.45, 2.75) is 26.6 Å². The zero-order chi connectivity index (χ0) is 12.3. The van der Waals surface area contributed by atoms with Gasteiger partial charge in [-0.15, -0.1) is 0 Å². The minimum atomic E-state index is -1.82. The molecule has 0 aliphatic heterocycles. The molecule has 1 aromatic carbocycles. The van der Waals surface area contributed by atoms with Crippen molar-refractivity contribution in [2.75, 3.05) is 0 Å². The third kappa shape index (κ3) is 2.53. The van der Waals surface area contributed by atoms with Crippen molar-refractivity contribution in [3.8, 4) is 0 Å². The van der Waals surface area contributed by atoms with Crippen LogP contribution < -0.4 is 5.32 Å². The molecule has 0 aliphatic carbocycles. The van der Waals surface area contributed by atoms with Gasteiger partial charge < -0.3 is 5.32 Å². The molecule has 0 aliphatic rings. The number of carbonyl (C=O) groups is 1. The Labute approximate surface area is 91.5 Å². The number of amides is 1. The molecule has 5 heteroatoms. The van der Waals surface area contributed by atoms with Crippen molar-refractivity contribution in [3.05, 3.63) is 34.9 Å². The number of hydrogen-bond acceptors (Lipinski definition) is 1. The molecule has 1 amide bonds. The summed E-state index contributed by atoms with van der Waals surface area (Å²) in [7, 11) is 0. The first kappa shape index (κ1) is 12.5. The first-order chi connectivity index (χ1) is 7.47. The van der Waals surface area contributed by atoms with E-state index in [0.29, 0.717) is 0 Å². The largest absolute Gasteiger partial charge is 0.323 e. The fourth-order valence-corrected chi connectivity index (χ4v) is 1.26. The predicted octanol–water partition coefficient (Wildman–Crippen LogP) is 2.77. The highest BCUT2D eigenvalue weighted by Gasteiger charge is 2.18. The average molecular weight is 231 g/mol. The van der Waals surface area contributed by atoms with Crippen molar-refractivity contribution in [1.29, 1.82) is 0 Å². The molecule has 1 unspecified atom stereocenters. The molecule has 0 saturated carbocycles. The number of nitrogens with one attached hydrogen (secondary N) is 1. The molecule has 16 heavy (non-hydrogen) atoms. The Balaban J connectivity index is 2.96. The van der Waals surface area contributed by atoms with Crippen LogP contribution in [0.15, 0.2) is 12.1 Å². The third-order valence-electron chi connectivity index (χ3n) is 2.26. The lowest BCUT2D eigenvalue weighted by atomic mass is 10.1. The number of rotatable bonds is 3. The van der Waals surface area contributed by atoms with Crippen LogP contribution in [0.4, 0.5) is 13.2 Å². The first-order valence-electron chi connectivity index (χ1n) is 4.85. The first-order valence-corrected chi connectivity index (χ1v) is 4.85. The monoisotopic (exact) mass is 231 g/mol. The zero-order valence-corrected chi connectivity index (χ0v) is 8.98. The van der Waals surface area contributed by atoms with Crippen molar-refractivity contribution >= 4 is 5.91 Å². The molecule has 0 bridgehead atoms. The molecule has 0 heterocycles.